The second-order valence-electron chi connectivity index (χ2n) is 2.61. The molecule has 0 radical (unpaired) electrons. The summed E-state index contributed by atoms with van der Waals surface area (Å²) in [5, 5.41) is 1.68. The first-order chi connectivity index (χ1) is 6.24. The Kier molecular flexibility index (Phi) is 3.28. The zero-order valence-electron chi connectivity index (χ0n) is 7.53. The van der Waals surface area contributed by atoms with Crippen molar-refractivity contribution < 1.29 is 4.79 Å². The molecule has 1 amide bonds. The molecular weight excluding hydrogens is 166 g/mol. The number of nitrogens with two attached hydrogens (primary N) is 1. The maximum Gasteiger partial charge on any atom is 0.238 e. The fourth-order valence-corrected chi connectivity index (χ4v) is 1.06. The zero-order valence-corrected chi connectivity index (χ0v) is 7.53. The smallest absolute Gasteiger partial charge is 0.238 e. The van der Waals surface area contributed by atoms with E-state index in [4.69, 9.17) is 5.73 Å². The minimum absolute atomic E-state index is 0.167. The lowest BCUT2D eigenvalue weighted by atomic mass is 10.3. The molecular formula is C9H13N3O. The molecule has 0 aliphatic carbocycles. The number of amides is 1. The van der Waals surface area contributed by atoms with Gasteiger partial charge in [-0.15, -0.1) is 0 Å². The molecule has 4 heteroatoms. The summed E-state index contributed by atoms with van der Waals surface area (Å²) in [7, 11) is 1.75. The van der Waals surface area contributed by atoms with Gasteiger partial charge in [0.1, 0.15) is 6.54 Å². The molecule has 0 aliphatic rings. The summed E-state index contributed by atoms with van der Waals surface area (Å²) in [5.41, 5.74) is 8.89. The van der Waals surface area contributed by atoms with E-state index < -0.39 is 0 Å². The molecule has 0 saturated carbocycles. The third kappa shape index (κ3) is 2.76. The Labute approximate surface area is 77.3 Å². The number of rotatable bonds is 4. The number of carbonyl (C=O) groups is 1. The fraction of sp³-hybridized carbons (Fsp3) is 0.222. The fourth-order valence-electron chi connectivity index (χ4n) is 1.06. The van der Waals surface area contributed by atoms with E-state index in [1.165, 1.54) is 0 Å². The summed E-state index contributed by atoms with van der Waals surface area (Å²) in [6.07, 6.45) is 0. The molecule has 70 valence electrons. The van der Waals surface area contributed by atoms with Crippen LogP contribution < -0.4 is 16.2 Å². The molecule has 0 unspecified atom stereocenters. The van der Waals surface area contributed by atoms with Gasteiger partial charge in [-0.25, -0.2) is 5.43 Å². The number of hydrazine groups is 1. The predicted molar refractivity (Wildman–Crippen MR) is 52.0 cm³/mol. The summed E-state index contributed by atoms with van der Waals surface area (Å²) in [5.74, 6) is -0.363. The van der Waals surface area contributed by atoms with Gasteiger partial charge < -0.3 is 5.73 Å². The Morgan fingerprint density at radius 3 is 2.54 bits per heavy atom. The van der Waals surface area contributed by atoms with Crippen LogP contribution in [0.3, 0.4) is 0 Å². The second-order valence-corrected chi connectivity index (χ2v) is 2.61. The van der Waals surface area contributed by atoms with Crippen molar-refractivity contribution in [2.45, 2.75) is 0 Å². The molecule has 0 atom stereocenters. The van der Waals surface area contributed by atoms with Gasteiger partial charge in [-0.3, -0.25) is 9.80 Å². The first-order valence-electron chi connectivity index (χ1n) is 4.02. The summed E-state index contributed by atoms with van der Waals surface area (Å²) < 4.78 is 0. The highest BCUT2D eigenvalue weighted by Crippen LogP contribution is 2.09. The Morgan fingerprint density at radius 2 is 2.08 bits per heavy atom. The van der Waals surface area contributed by atoms with E-state index >= 15 is 0 Å². The number of nitrogens with zero attached hydrogens (tertiary/aromatic N) is 1. The van der Waals surface area contributed by atoms with Gasteiger partial charge in [-0.1, -0.05) is 18.2 Å². The van der Waals surface area contributed by atoms with E-state index in [1.54, 1.807) is 12.1 Å². The molecule has 1 aromatic carbocycles. The van der Waals surface area contributed by atoms with Crippen LogP contribution in [-0.2, 0) is 4.79 Å². The van der Waals surface area contributed by atoms with Crippen LogP contribution >= 0.6 is 0 Å². The second kappa shape index (κ2) is 4.47. The molecule has 0 heterocycles. The van der Waals surface area contributed by atoms with Crippen LogP contribution in [0.4, 0.5) is 5.69 Å². The standard InChI is InChI=1S/C9H13N3O/c1-11-12(7-9(10)13)8-5-3-2-4-6-8/h2-6,11H,7H2,1H3,(H2,10,13). The van der Waals surface area contributed by atoms with Gasteiger partial charge in [0.2, 0.25) is 5.91 Å². The molecule has 0 aromatic heterocycles. The SMILES string of the molecule is CNN(CC(N)=O)c1ccccc1. The number of anilines is 1. The number of primary amides is 1. The van der Waals surface area contributed by atoms with Crippen molar-refractivity contribution in [1.82, 2.24) is 5.43 Å². The number of nitrogens with one attached hydrogen (secondary N) is 1. The molecule has 4 nitrogen and oxygen atoms in total. The van der Waals surface area contributed by atoms with E-state index in [1.807, 2.05) is 30.3 Å². The highest BCUT2D eigenvalue weighted by atomic mass is 16.1. The quantitative estimate of drug-likeness (QED) is 0.645. The lowest BCUT2D eigenvalue weighted by molar-refractivity contribution is -0.116. The van der Waals surface area contributed by atoms with Gasteiger partial charge in [0.25, 0.3) is 0 Å². The first-order valence-corrected chi connectivity index (χ1v) is 4.02. The Bertz CT molecular complexity index is 273. The average molecular weight is 179 g/mol. The molecule has 1 aromatic rings. The van der Waals surface area contributed by atoms with Gasteiger partial charge in [0.15, 0.2) is 0 Å². The number of hydrogen-bond donors (Lipinski definition) is 2. The maximum absolute atomic E-state index is 10.7. The van der Waals surface area contributed by atoms with Crippen LogP contribution in [-0.4, -0.2) is 19.5 Å². The van der Waals surface area contributed by atoms with E-state index in [9.17, 15) is 4.79 Å². The van der Waals surface area contributed by atoms with Crippen LogP contribution in [0.1, 0.15) is 0 Å². The largest absolute Gasteiger partial charge is 0.368 e. The van der Waals surface area contributed by atoms with Crippen LogP contribution in [0, 0.1) is 0 Å². The zero-order chi connectivity index (χ0) is 9.68. The predicted octanol–water partition coefficient (Wildman–Crippen LogP) is 0.113. The van der Waals surface area contributed by atoms with Gasteiger partial charge in [0.05, 0.1) is 5.69 Å². The lowest BCUT2D eigenvalue weighted by Gasteiger charge is -2.21. The third-order valence-electron chi connectivity index (χ3n) is 1.65. The van der Waals surface area contributed by atoms with E-state index in [0.29, 0.717) is 0 Å². The van der Waals surface area contributed by atoms with Crippen molar-refractivity contribution in [3.8, 4) is 0 Å². The number of para-hydroxylation sites is 1. The van der Waals surface area contributed by atoms with Crippen LogP contribution in [0.5, 0.6) is 0 Å². The molecule has 13 heavy (non-hydrogen) atoms. The van der Waals surface area contributed by atoms with Crippen LogP contribution in [0.2, 0.25) is 0 Å². The molecule has 0 aliphatic heterocycles. The highest BCUT2D eigenvalue weighted by molar-refractivity contribution is 5.79. The van der Waals surface area contributed by atoms with E-state index in [2.05, 4.69) is 5.43 Å². The topological polar surface area (TPSA) is 58.4 Å². The van der Waals surface area contributed by atoms with Gasteiger partial charge in [-0.05, 0) is 12.1 Å². The molecule has 0 fully saturated rings. The number of hydrogen-bond acceptors (Lipinski definition) is 3. The number of benzene rings is 1. The van der Waals surface area contributed by atoms with Gasteiger partial charge in [0, 0.05) is 7.05 Å². The Balaban J connectivity index is 2.73. The van der Waals surface area contributed by atoms with Crippen molar-refractivity contribution in [3.05, 3.63) is 30.3 Å². The van der Waals surface area contributed by atoms with Crippen molar-refractivity contribution in [2.75, 3.05) is 18.6 Å². The molecule has 0 bridgehead atoms. The maximum atomic E-state index is 10.7. The minimum atomic E-state index is -0.363. The lowest BCUT2D eigenvalue weighted by Crippen LogP contribution is -2.41. The Hall–Kier alpha value is -1.55. The van der Waals surface area contributed by atoms with E-state index in [-0.39, 0.29) is 12.5 Å². The highest BCUT2D eigenvalue weighted by Gasteiger charge is 2.05. The van der Waals surface area contributed by atoms with Crippen LogP contribution in [0.15, 0.2) is 30.3 Å². The normalized spacial score (nSPS) is 9.62. The summed E-state index contributed by atoms with van der Waals surface area (Å²) in [6, 6.07) is 9.53. The first kappa shape index (κ1) is 9.54. The molecule has 0 saturated heterocycles. The molecule has 1 rings (SSSR count). The Morgan fingerprint density at radius 1 is 1.46 bits per heavy atom. The molecule has 3 N–H and O–H groups in total. The average Bonchev–Trinajstić information content (AvgIpc) is 2.15. The van der Waals surface area contributed by atoms with Crippen LogP contribution in [0.25, 0.3) is 0 Å². The van der Waals surface area contributed by atoms with E-state index in [0.717, 1.165) is 5.69 Å². The minimum Gasteiger partial charge on any atom is -0.368 e. The van der Waals surface area contributed by atoms with Gasteiger partial charge >= 0.3 is 0 Å². The monoisotopic (exact) mass is 179 g/mol. The third-order valence-corrected chi connectivity index (χ3v) is 1.65. The van der Waals surface area contributed by atoms with Crippen molar-refractivity contribution in [2.24, 2.45) is 5.73 Å². The van der Waals surface area contributed by atoms with Crippen molar-refractivity contribution >= 4 is 11.6 Å². The summed E-state index contributed by atoms with van der Waals surface area (Å²) in [4.78, 5) is 10.7. The number of carbonyl (C=O) groups excluding carboxylic acids is 1. The van der Waals surface area contributed by atoms with Gasteiger partial charge in [-0.2, -0.15) is 0 Å². The summed E-state index contributed by atoms with van der Waals surface area (Å²) >= 11 is 0. The van der Waals surface area contributed by atoms with Crippen molar-refractivity contribution in [1.29, 1.82) is 0 Å². The summed E-state index contributed by atoms with van der Waals surface area (Å²) in [6.45, 7) is 0.167. The van der Waals surface area contributed by atoms with Crippen molar-refractivity contribution in [3.63, 3.8) is 0 Å². The molecule has 0 spiro atoms.